The third-order valence-electron chi connectivity index (χ3n) is 6.09. The molecule has 0 amide bonds. The van der Waals surface area contributed by atoms with Gasteiger partial charge in [0.15, 0.2) is 5.78 Å². The summed E-state index contributed by atoms with van der Waals surface area (Å²) in [4.78, 5) is 16.7. The van der Waals surface area contributed by atoms with Gasteiger partial charge in [-0.05, 0) is 32.6 Å². The Morgan fingerprint density at radius 2 is 2.00 bits per heavy atom. The van der Waals surface area contributed by atoms with Crippen LogP contribution in [0.5, 0.6) is 0 Å². The zero-order valence-electron chi connectivity index (χ0n) is 13.6. The lowest BCUT2D eigenvalue weighted by Gasteiger charge is -2.33. The van der Waals surface area contributed by atoms with Crippen LogP contribution in [0, 0.1) is 11.1 Å². The van der Waals surface area contributed by atoms with E-state index in [-0.39, 0.29) is 12.0 Å². The van der Waals surface area contributed by atoms with Gasteiger partial charge < -0.3 is 10.1 Å². The summed E-state index contributed by atoms with van der Waals surface area (Å²) < 4.78 is 0. The Bertz CT molecular complexity index is 396. The Balaban J connectivity index is 1.53. The molecule has 2 heterocycles. The Labute approximate surface area is 132 Å². The number of fused-ring (bicyclic) bond motifs is 1. The third-order valence-corrected chi connectivity index (χ3v) is 6.09. The number of Topliss-reactive ketones (excluding diaryl/α,β-unsaturated/α-hetero) is 1. The number of hydrogen-bond donors (Lipinski definition) is 3. The lowest BCUT2D eigenvalue weighted by Crippen LogP contribution is -3.18. The van der Waals surface area contributed by atoms with Gasteiger partial charge >= 0.3 is 0 Å². The van der Waals surface area contributed by atoms with E-state index in [9.17, 15) is 10.0 Å². The molecule has 0 aromatic carbocycles. The van der Waals surface area contributed by atoms with Gasteiger partial charge in [-0.3, -0.25) is 4.79 Å². The molecule has 4 unspecified atom stereocenters. The van der Waals surface area contributed by atoms with E-state index in [2.05, 4.69) is 11.8 Å². The van der Waals surface area contributed by atoms with E-state index in [1.54, 1.807) is 0 Å². The molecule has 3 fully saturated rings. The van der Waals surface area contributed by atoms with E-state index in [4.69, 9.17) is 5.21 Å². The van der Waals surface area contributed by atoms with Gasteiger partial charge in [0.2, 0.25) is 0 Å². The van der Waals surface area contributed by atoms with Crippen LogP contribution in [0.1, 0.15) is 51.9 Å². The van der Waals surface area contributed by atoms with Crippen molar-refractivity contribution in [3.8, 4) is 0 Å². The van der Waals surface area contributed by atoms with E-state index in [0.29, 0.717) is 37.4 Å². The highest BCUT2D eigenvalue weighted by atomic mass is 16.8. The molecular formula is C16H30N3O3+. The number of carbonyl (C=O) groups excluding carboxylic acids is 1. The number of hydrogen-bond acceptors (Lipinski definition) is 4. The highest BCUT2D eigenvalue weighted by Crippen LogP contribution is 2.24. The molecule has 0 bridgehead atoms. The fraction of sp³-hybridized carbons (Fsp3) is 0.938. The van der Waals surface area contributed by atoms with Gasteiger partial charge in [-0.15, -0.1) is 0 Å². The number of rotatable bonds is 4. The quantitative estimate of drug-likeness (QED) is 0.582. The molecule has 22 heavy (non-hydrogen) atoms. The van der Waals surface area contributed by atoms with Crippen molar-refractivity contribution in [2.75, 3.05) is 19.6 Å². The minimum absolute atomic E-state index is 0.105. The third kappa shape index (κ3) is 3.36. The topological polar surface area (TPSA) is 72.5 Å². The van der Waals surface area contributed by atoms with E-state index in [1.807, 2.05) is 0 Å². The number of piperidine rings is 1. The molecule has 3 rings (SSSR count). The van der Waals surface area contributed by atoms with E-state index in [1.165, 1.54) is 30.7 Å². The van der Waals surface area contributed by atoms with E-state index < -0.39 is 5.23 Å². The second-order valence-electron chi connectivity index (χ2n) is 7.51. The predicted molar refractivity (Wildman–Crippen MR) is 81.4 cm³/mol. The average Bonchev–Trinajstić information content (AvgIpc) is 2.83. The summed E-state index contributed by atoms with van der Waals surface area (Å²) in [5.74, 6) is 0.478. The molecule has 0 radical (unpaired) electrons. The summed E-state index contributed by atoms with van der Waals surface area (Å²) in [6.07, 6.45) is 7.23. The minimum Gasteiger partial charge on any atom is -0.600 e. The van der Waals surface area contributed by atoms with Crippen LogP contribution in [0.15, 0.2) is 0 Å². The first-order valence-corrected chi connectivity index (χ1v) is 8.91. The van der Waals surface area contributed by atoms with Crippen LogP contribution in [-0.2, 0) is 4.79 Å². The Kier molecular flexibility index (Phi) is 5.14. The van der Waals surface area contributed by atoms with Gasteiger partial charge in [-0.1, -0.05) is 0 Å². The molecule has 0 aromatic heterocycles. The van der Waals surface area contributed by atoms with E-state index >= 15 is 0 Å². The minimum atomic E-state index is -0.692. The lowest BCUT2D eigenvalue weighted by molar-refractivity contribution is -1.07. The molecular weight excluding hydrogens is 282 g/mol. The molecule has 2 saturated heterocycles. The van der Waals surface area contributed by atoms with Gasteiger partial charge in [-0.2, -0.15) is 0 Å². The Morgan fingerprint density at radius 3 is 2.68 bits per heavy atom. The monoisotopic (exact) mass is 312 g/mol. The standard InChI is InChI=1S/C16H29N3O3/c1-12-10-17-9-3-2-4-16(17)18(12)11-15(20)13-5-7-14(8-6-13)19(21)22/h12-14,16,19,21H,2-11H2,1H3/p+1. The highest BCUT2D eigenvalue weighted by molar-refractivity contribution is 5.82. The number of nitrogens with one attached hydrogen (secondary N) is 2. The van der Waals surface area contributed by atoms with Crippen molar-refractivity contribution in [1.29, 1.82) is 0 Å². The van der Waals surface area contributed by atoms with Crippen LogP contribution in [0.4, 0.5) is 0 Å². The summed E-state index contributed by atoms with van der Waals surface area (Å²) in [5, 5.41) is 19.4. The fourth-order valence-corrected chi connectivity index (χ4v) is 4.73. The fourth-order valence-electron chi connectivity index (χ4n) is 4.73. The number of ketones is 1. The molecule has 2 aliphatic heterocycles. The normalized spacial score (nSPS) is 41.1. The number of carbonyl (C=O) groups is 1. The van der Waals surface area contributed by atoms with Crippen molar-refractivity contribution in [2.45, 2.75) is 70.1 Å². The summed E-state index contributed by atoms with van der Waals surface area (Å²) in [6.45, 7) is 5.22. The molecule has 3 aliphatic rings. The first-order valence-electron chi connectivity index (χ1n) is 8.91. The van der Waals surface area contributed by atoms with Crippen molar-refractivity contribution in [2.24, 2.45) is 5.92 Å². The van der Waals surface area contributed by atoms with Crippen molar-refractivity contribution in [1.82, 2.24) is 4.90 Å². The smallest absolute Gasteiger partial charge is 0.189 e. The highest BCUT2D eigenvalue weighted by Gasteiger charge is 2.43. The van der Waals surface area contributed by atoms with Crippen molar-refractivity contribution in [3.63, 3.8) is 0 Å². The van der Waals surface area contributed by atoms with Crippen LogP contribution in [-0.4, -0.2) is 53.8 Å². The van der Waals surface area contributed by atoms with Crippen molar-refractivity contribution >= 4 is 5.78 Å². The predicted octanol–water partition coefficient (Wildman–Crippen LogP) is -1.01. The SMILES string of the molecule is CC1CN2CCCCC2[NH+]1CC(=O)C1CCC([NH+]([O-])O)CC1. The molecule has 3 N–H and O–H groups in total. The first kappa shape index (κ1) is 16.3. The van der Waals surface area contributed by atoms with Crippen LogP contribution < -0.4 is 10.1 Å². The van der Waals surface area contributed by atoms with Crippen molar-refractivity contribution < 1.29 is 20.1 Å². The average molecular weight is 312 g/mol. The van der Waals surface area contributed by atoms with E-state index in [0.717, 1.165) is 19.4 Å². The Hall–Kier alpha value is -0.530. The second kappa shape index (κ2) is 6.93. The summed E-state index contributed by atoms with van der Waals surface area (Å²) in [7, 11) is 0. The van der Waals surface area contributed by atoms with Gasteiger partial charge in [0.1, 0.15) is 18.8 Å². The number of nitrogens with zero attached hydrogens (tertiary/aromatic N) is 1. The maximum Gasteiger partial charge on any atom is 0.189 e. The van der Waals surface area contributed by atoms with Crippen LogP contribution in [0.25, 0.3) is 0 Å². The summed E-state index contributed by atoms with van der Waals surface area (Å²) in [6, 6.07) is 0.318. The largest absolute Gasteiger partial charge is 0.600 e. The molecule has 1 saturated carbocycles. The van der Waals surface area contributed by atoms with Gasteiger partial charge in [0.25, 0.3) is 0 Å². The van der Waals surface area contributed by atoms with Gasteiger partial charge in [-0.25, -0.2) is 15.3 Å². The molecule has 1 aliphatic carbocycles. The molecule has 6 nitrogen and oxygen atoms in total. The lowest BCUT2D eigenvalue weighted by atomic mass is 9.83. The second-order valence-corrected chi connectivity index (χ2v) is 7.51. The van der Waals surface area contributed by atoms with Crippen molar-refractivity contribution in [3.05, 3.63) is 5.21 Å². The molecule has 126 valence electrons. The first-order chi connectivity index (χ1) is 10.6. The van der Waals surface area contributed by atoms with Gasteiger partial charge in [0.05, 0.1) is 12.6 Å². The van der Waals surface area contributed by atoms with Crippen LogP contribution in [0.3, 0.4) is 0 Å². The van der Waals surface area contributed by atoms with Crippen LogP contribution in [0.2, 0.25) is 0 Å². The zero-order chi connectivity index (χ0) is 15.7. The van der Waals surface area contributed by atoms with Crippen LogP contribution >= 0.6 is 0 Å². The Morgan fingerprint density at radius 1 is 1.27 bits per heavy atom. The maximum atomic E-state index is 12.7. The molecule has 6 heteroatoms. The molecule has 0 spiro atoms. The maximum absolute atomic E-state index is 12.7. The number of hydroxylamine groups is 2. The molecule has 4 atom stereocenters. The zero-order valence-corrected chi connectivity index (χ0v) is 13.6. The summed E-state index contributed by atoms with van der Waals surface area (Å²) >= 11 is 0. The number of quaternary nitrogens is 2. The summed E-state index contributed by atoms with van der Waals surface area (Å²) in [5.41, 5.74) is 0. The van der Waals surface area contributed by atoms with Gasteiger partial charge in [0, 0.05) is 31.7 Å². The molecule has 0 aromatic rings.